The Morgan fingerprint density at radius 2 is 1.93 bits per heavy atom. The standard InChI is InChI=1S/C13H23NO/c1-10(2)6-13(3-4-13)9-14-11-5-12(14)8-15-7-11/h10-12H,3-9H2,1-2H3. The number of ether oxygens (including phenoxy) is 1. The van der Waals surface area contributed by atoms with Gasteiger partial charge in [0, 0.05) is 18.6 Å². The summed E-state index contributed by atoms with van der Waals surface area (Å²) >= 11 is 0. The lowest BCUT2D eigenvalue weighted by molar-refractivity contribution is -0.134. The van der Waals surface area contributed by atoms with Gasteiger partial charge in [0.2, 0.25) is 0 Å². The number of rotatable bonds is 4. The van der Waals surface area contributed by atoms with Crippen LogP contribution in [-0.4, -0.2) is 36.7 Å². The Balaban J connectivity index is 1.57. The van der Waals surface area contributed by atoms with E-state index >= 15 is 0 Å². The lowest BCUT2D eigenvalue weighted by Crippen LogP contribution is -2.64. The molecule has 0 aromatic carbocycles. The predicted molar refractivity (Wildman–Crippen MR) is 60.8 cm³/mol. The van der Waals surface area contributed by atoms with Gasteiger partial charge in [-0.3, -0.25) is 4.90 Å². The van der Waals surface area contributed by atoms with Crippen molar-refractivity contribution in [2.75, 3.05) is 19.8 Å². The summed E-state index contributed by atoms with van der Waals surface area (Å²) in [6.45, 7) is 8.08. The molecule has 0 radical (unpaired) electrons. The van der Waals surface area contributed by atoms with Gasteiger partial charge in [0.25, 0.3) is 0 Å². The summed E-state index contributed by atoms with van der Waals surface area (Å²) in [6.07, 6.45) is 5.78. The van der Waals surface area contributed by atoms with Crippen molar-refractivity contribution in [2.24, 2.45) is 11.3 Å². The fourth-order valence-electron chi connectivity index (χ4n) is 3.53. The van der Waals surface area contributed by atoms with Gasteiger partial charge in [0.1, 0.15) is 0 Å². The van der Waals surface area contributed by atoms with Gasteiger partial charge < -0.3 is 4.74 Å². The van der Waals surface area contributed by atoms with Crippen LogP contribution in [0.2, 0.25) is 0 Å². The maximum atomic E-state index is 5.54. The molecular weight excluding hydrogens is 186 g/mol. The first kappa shape index (κ1) is 10.1. The zero-order valence-corrected chi connectivity index (χ0v) is 10.0. The molecule has 3 rings (SSSR count). The van der Waals surface area contributed by atoms with Crippen LogP contribution in [0.25, 0.3) is 0 Å². The van der Waals surface area contributed by atoms with E-state index in [0.29, 0.717) is 5.41 Å². The number of hydrogen-bond donors (Lipinski definition) is 0. The van der Waals surface area contributed by atoms with Gasteiger partial charge in [-0.1, -0.05) is 13.8 Å². The predicted octanol–water partition coefficient (Wildman–Crippen LogP) is 2.29. The highest BCUT2D eigenvalue weighted by Gasteiger charge is 2.50. The Morgan fingerprint density at radius 1 is 1.27 bits per heavy atom. The van der Waals surface area contributed by atoms with Crippen LogP contribution in [-0.2, 0) is 4.74 Å². The monoisotopic (exact) mass is 209 g/mol. The Bertz CT molecular complexity index is 233. The average molecular weight is 209 g/mol. The Morgan fingerprint density at radius 3 is 2.40 bits per heavy atom. The minimum atomic E-state index is 0.711. The van der Waals surface area contributed by atoms with Gasteiger partial charge in [-0.2, -0.15) is 0 Å². The van der Waals surface area contributed by atoms with Crippen molar-refractivity contribution in [1.29, 1.82) is 0 Å². The normalized spacial score (nSPS) is 37.8. The van der Waals surface area contributed by atoms with E-state index in [1.54, 1.807) is 0 Å². The highest BCUT2D eigenvalue weighted by molar-refractivity contribution is 5.03. The third-order valence-electron chi connectivity index (χ3n) is 4.42. The van der Waals surface area contributed by atoms with E-state index < -0.39 is 0 Å². The smallest absolute Gasteiger partial charge is 0.0623 e. The molecule has 3 aliphatic rings. The Hall–Kier alpha value is -0.0800. The van der Waals surface area contributed by atoms with Crippen LogP contribution in [0.3, 0.4) is 0 Å². The summed E-state index contributed by atoms with van der Waals surface area (Å²) in [7, 11) is 0. The van der Waals surface area contributed by atoms with Gasteiger partial charge in [-0.05, 0) is 37.0 Å². The van der Waals surface area contributed by atoms with E-state index in [9.17, 15) is 0 Å². The Kier molecular flexibility index (Phi) is 2.33. The first-order valence-electron chi connectivity index (χ1n) is 6.52. The van der Waals surface area contributed by atoms with Crippen molar-refractivity contribution in [3.8, 4) is 0 Å². The molecule has 2 nitrogen and oxygen atoms in total. The molecule has 2 unspecified atom stereocenters. The molecule has 86 valence electrons. The topological polar surface area (TPSA) is 12.5 Å². The quantitative estimate of drug-likeness (QED) is 0.704. The molecule has 0 amide bonds. The first-order chi connectivity index (χ1) is 7.19. The van der Waals surface area contributed by atoms with Crippen molar-refractivity contribution in [1.82, 2.24) is 4.90 Å². The maximum Gasteiger partial charge on any atom is 0.0623 e. The van der Waals surface area contributed by atoms with E-state index in [1.807, 2.05) is 0 Å². The number of hydrogen-bond acceptors (Lipinski definition) is 2. The SMILES string of the molecule is CC(C)CC1(CN2C3COCC2C3)CC1. The largest absolute Gasteiger partial charge is 0.378 e. The summed E-state index contributed by atoms with van der Waals surface area (Å²) in [5, 5.41) is 0. The van der Waals surface area contributed by atoms with E-state index in [1.165, 1.54) is 32.2 Å². The zero-order chi connectivity index (χ0) is 10.5. The highest BCUT2D eigenvalue weighted by atomic mass is 16.5. The van der Waals surface area contributed by atoms with Gasteiger partial charge in [-0.25, -0.2) is 0 Å². The van der Waals surface area contributed by atoms with Crippen LogP contribution in [0.1, 0.15) is 39.5 Å². The summed E-state index contributed by atoms with van der Waals surface area (Å²) in [4.78, 5) is 2.74. The molecule has 0 aromatic rings. The maximum absolute atomic E-state index is 5.54. The minimum Gasteiger partial charge on any atom is -0.378 e. The second-order valence-corrected chi connectivity index (χ2v) is 6.35. The molecule has 2 heterocycles. The molecule has 15 heavy (non-hydrogen) atoms. The zero-order valence-electron chi connectivity index (χ0n) is 10.0. The molecule has 1 aliphatic carbocycles. The molecule has 2 atom stereocenters. The highest BCUT2D eigenvalue weighted by Crippen LogP contribution is 2.53. The third kappa shape index (κ3) is 1.83. The molecule has 2 heteroatoms. The van der Waals surface area contributed by atoms with Crippen LogP contribution in [0.15, 0.2) is 0 Å². The van der Waals surface area contributed by atoms with Crippen molar-refractivity contribution in [3.63, 3.8) is 0 Å². The van der Waals surface area contributed by atoms with Crippen molar-refractivity contribution >= 4 is 0 Å². The van der Waals surface area contributed by atoms with Gasteiger partial charge in [0.05, 0.1) is 13.2 Å². The first-order valence-corrected chi connectivity index (χ1v) is 6.52. The fourth-order valence-corrected chi connectivity index (χ4v) is 3.53. The lowest BCUT2D eigenvalue weighted by atomic mass is 9.86. The molecule has 2 saturated heterocycles. The van der Waals surface area contributed by atoms with Gasteiger partial charge in [-0.15, -0.1) is 0 Å². The van der Waals surface area contributed by atoms with E-state index in [4.69, 9.17) is 4.74 Å². The molecular formula is C13H23NO. The van der Waals surface area contributed by atoms with E-state index in [-0.39, 0.29) is 0 Å². The minimum absolute atomic E-state index is 0.711. The molecule has 0 aromatic heterocycles. The summed E-state index contributed by atoms with van der Waals surface area (Å²) < 4.78 is 5.54. The third-order valence-corrected chi connectivity index (χ3v) is 4.42. The molecule has 0 N–H and O–H groups in total. The van der Waals surface area contributed by atoms with Crippen LogP contribution in [0.5, 0.6) is 0 Å². The average Bonchev–Trinajstić information content (AvgIpc) is 2.95. The molecule has 2 bridgehead atoms. The van der Waals surface area contributed by atoms with Gasteiger partial charge in [0.15, 0.2) is 0 Å². The Labute approximate surface area is 93.0 Å². The van der Waals surface area contributed by atoms with Crippen LogP contribution >= 0.6 is 0 Å². The molecule has 3 fully saturated rings. The van der Waals surface area contributed by atoms with Crippen LogP contribution in [0, 0.1) is 11.3 Å². The number of fused-ring (bicyclic) bond motifs is 2. The summed E-state index contributed by atoms with van der Waals surface area (Å²) in [5.74, 6) is 0.866. The second kappa shape index (κ2) is 3.46. The van der Waals surface area contributed by atoms with Gasteiger partial charge >= 0.3 is 0 Å². The fraction of sp³-hybridized carbons (Fsp3) is 1.00. The molecule has 2 aliphatic heterocycles. The van der Waals surface area contributed by atoms with E-state index in [2.05, 4.69) is 18.7 Å². The lowest BCUT2D eigenvalue weighted by Gasteiger charge is -2.53. The molecule has 0 spiro atoms. The van der Waals surface area contributed by atoms with E-state index in [0.717, 1.165) is 31.2 Å². The second-order valence-electron chi connectivity index (χ2n) is 6.35. The molecule has 1 saturated carbocycles. The van der Waals surface area contributed by atoms with Crippen molar-refractivity contribution < 1.29 is 4.74 Å². The summed E-state index contributed by atoms with van der Waals surface area (Å²) in [6, 6.07) is 1.54. The number of nitrogens with zero attached hydrogens (tertiary/aromatic N) is 1. The van der Waals surface area contributed by atoms with Crippen molar-refractivity contribution in [3.05, 3.63) is 0 Å². The summed E-state index contributed by atoms with van der Waals surface area (Å²) in [5.41, 5.74) is 0.711. The van der Waals surface area contributed by atoms with Crippen LogP contribution < -0.4 is 0 Å². The van der Waals surface area contributed by atoms with Crippen molar-refractivity contribution in [2.45, 2.75) is 51.6 Å². The number of morpholine rings is 1. The van der Waals surface area contributed by atoms with Crippen LogP contribution in [0.4, 0.5) is 0 Å².